The van der Waals surface area contributed by atoms with Crippen molar-refractivity contribution in [2.75, 3.05) is 5.32 Å². The van der Waals surface area contributed by atoms with E-state index in [4.69, 9.17) is 0 Å². The normalized spacial score (nSPS) is 17.1. The maximum Gasteiger partial charge on any atom is 0.271 e. The monoisotopic (exact) mass is 282 g/mol. The van der Waals surface area contributed by atoms with Crippen molar-refractivity contribution >= 4 is 11.4 Å². The highest BCUT2D eigenvalue weighted by atomic mass is 16.6. The summed E-state index contributed by atoms with van der Waals surface area (Å²) in [5.41, 5.74) is 4.69. The van der Waals surface area contributed by atoms with Crippen molar-refractivity contribution in [3.05, 3.63) is 69.3 Å². The van der Waals surface area contributed by atoms with Crippen molar-refractivity contribution in [2.24, 2.45) is 0 Å². The molecule has 0 aromatic heterocycles. The molecule has 1 atom stereocenters. The molecule has 1 aliphatic rings. The van der Waals surface area contributed by atoms with Crippen LogP contribution in [-0.4, -0.2) is 11.0 Å². The van der Waals surface area contributed by atoms with Gasteiger partial charge in [-0.3, -0.25) is 10.1 Å². The largest absolute Gasteiger partial charge is 0.382 e. The average molecular weight is 282 g/mol. The molecule has 1 N–H and O–H groups in total. The fourth-order valence-corrected chi connectivity index (χ4v) is 3.01. The zero-order valence-corrected chi connectivity index (χ0v) is 12.0. The first-order chi connectivity index (χ1) is 10.1. The fourth-order valence-electron chi connectivity index (χ4n) is 3.01. The number of nitrogens with zero attached hydrogens (tertiary/aromatic N) is 1. The highest BCUT2D eigenvalue weighted by Gasteiger charge is 2.18. The van der Waals surface area contributed by atoms with Crippen LogP contribution >= 0.6 is 0 Å². The van der Waals surface area contributed by atoms with Gasteiger partial charge >= 0.3 is 0 Å². The third-order valence-electron chi connectivity index (χ3n) is 3.99. The number of nitro benzene ring substituents is 1. The number of anilines is 1. The number of fused-ring (bicyclic) bond motifs is 1. The van der Waals surface area contributed by atoms with Crippen LogP contribution in [0, 0.1) is 17.0 Å². The van der Waals surface area contributed by atoms with E-state index in [2.05, 4.69) is 29.6 Å². The van der Waals surface area contributed by atoms with Gasteiger partial charge in [-0.15, -0.1) is 0 Å². The number of benzene rings is 2. The van der Waals surface area contributed by atoms with Crippen LogP contribution in [0.15, 0.2) is 42.5 Å². The van der Waals surface area contributed by atoms with Crippen LogP contribution in [0.1, 0.15) is 23.1 Å². The minimum atomic E-state index is -0.339. The van der Waals surface area contributed by atoms with Crippen LogP contribution in [0.2, 0.25) is 0 Å². The maximum atomic E-state index is 10.9. The lowest BCUT2D eigenvalue weighted by Crippen LogP contribution is -2.27. The Morgan fingerprint density at radius 2 is 1.95 bits per heavy atom. The molecule has 3 rings (SSSR count). The molecule has 0 aliphatic heterocycles. The number of hydrogen-bond donors (Lipinski definition) is 1. The molecule has 21 heavy (non-hydrogen) atoms. The third-order valence-corrected chi connectivity index (χ3v) is 3.99. The molecule has 0 fully saturated rings. The molecule has 0 heterocycles. The summed E-state index contributed by atoms with van der Waals surface area (Å²) in [7, 11) is 0. The zero-order valence-electron chi connectivity index (χ0n) is 12.0. The van der Waals surface area contributed by atoms with Gasteiger partial charge in [0.2, 0.25) is 0 Å². The number of hydrogen-bond acceptors (Lipinski definition) is 3. The van der Waals surface area contributed by atoms with E-state index in [1.165, 1.54) is 11.1 Å². The van der Waals surface area contributed by atoms with E-state index < -0.39 is 0 Å². The summed E-state index contributed by atoms with van der Waals surface area (Å²) in [5.74, 6) is 0. The van der Waals surface area contributed by atoms with Crippen molar-refractivity contribution in [3.63, 3.8) is 0 Å². The van der Waals surface area contributed by atoms with Gasteiger partial charge in [-0.1, -0.05) is 24.3 Å². The van der Waals surface area contributed by atoms with Crippen LogP contribution in [-0.2, 0) is 12.8 Å². The molecule has 1 unspecified atom stereocenters. The van der Waals surface area contributed by atoms with E-state index in [0.29, 0.717) is 6.04 Å². The number of rotatable bonds is 3. The lowest BCUT2D eigenvalue weighted by atomic mass is 9.88. The highest BCUT2D eigenvalue weighted by molar-refractivity contribution is 5.54. The highest BCUT2D eigenvalue weighted by Crippen LogP contribution is 2.26. The molecule has 4 nitrogen and oxygen atoms in total. The van der Waals surface area contributed by atoms with Gasteiger partial charge < -0.3 is 5.32 Å². The number of non-ortho nitro benzene ring substituents is 1. The van der Waals surface area contributed by atoms with E-state index in [0.717, 1.165) is 30.5 Å². The Kier molecular flexibility index (Phi) is 3.60. The van der Waals surface area contributed by atoms with E-state index >= 15 is 0 Å². The Hall–Kier alpha value is -2.36. The molecule has 0 radical (unpaired) electrons. The first-order valence-corrected chi connectivity index (χ1v) is 7.21. The molecule has 2 aromatic rings. The summed E-state index contributed by atoms with van der Waals surface area (Å²) in [6.45, 7) is 1.88. The molecule has 0 amide bonds. The predicted octanol–water partition coefficient (Wildman–Crippen LogP) is 3.87. The average Bonchev–Trinajstić information content (AvgIpc) is 2.46. The molecule has 0 bridgehead atoms. The first kappa shape index (κ1) is 13.6. The smallest absolute Gasteiger partial charge is 0.271 e. The second-order valence-corrected chi connectivity index (χ2v) is 5.67. The van der Waals surface area contributed by atoms with E-state index in [9.17, 15) is 10.1 Å². The lowest BCUT2D eigenvalue weighted by molar-refractivity contribution is -0.384. The SMILES string of the molecule is Cc1cc(NC2CCc3ccccc3C2)cc([N+](=O)[O-])c1. The number of nitro groups is 1. The topological polar surface area (TPSA) is 55.2 Å². The van der Waals surface area contributed by atoms with E-state index in [1.54, 1.807) is 12.1 Å². The zero-order chi connectivity index (χ0) is 14.8. The lowest BCUT2D eigenvalue weighted by Gasteiger charge is -2.26. The van der Waals surface area contributed by atoms with Crippen molar-refractivity contribution in [2.45, 2.75) is 32.2 Å². The molecule has 0 saturated heterocycles. The fraction of sp³-hybridized carbons (Fsp3) is 0.294. The minimum Gasteiger partial charge on any atom is -0.382 e. The van der Waals surface area contributed by atoms with Crippen LogP contribution in [0.4, 0.5) is 11.4 Å². The molecule has 1 aliphatic carbocycles. The van der Waals surface area contributed by atoms with E-state index in [1.807, 2.05) is 13.0 Å². The Morgan fingerprint density at radius 1 is 1.19 bits per heavy atom. The molecular weight excluding hydrogens is 264 g/mol. The summed E-state index contributed by atoms with van der Waals surface area (Å²) in [5, 5.41) is 14.4. The van der Waals surface area contributed by atoms with Gasteiger partial charge in [-0.25, -0.2) is 0 Å². The van der Waals surface area contributed by atoms with Gasteiger partial charge in [0, 0.05) is 23.9 Å². The van der Waals surface area contributed by atoms with Crippen LogP contribution in [0.25, 0.3) is 0 Å². The summed E-state index contributed by atoms with van der Waals surface area (Å²) in [4.78, 5) is 10.6. The second kappa shape index (κ2) is 5.56. The quantitative estimate of drug-likeness (QED) is 0.686. The Morgan fingerprint density at radius 3 is 2.71 bits per heavy atom. The van der Waals surface area contributed by atoms with Crippen LogP contribution in [0.3, 0.4) is 0 Å². The second-order valence-electron chi connectivity index (χ2n) is 5.67. The third kappa shape index (κ3) is 3.05. The Bertz CT molecular complexity index is 682. The van der Waals surface area contributed by atoms with Gasteiger partial charge in [0.05, 0.1) is 4.92 Å². The van der Waals surface area contributed by atoms with Gasteiger partial charge in [0.25, 0.3) is 5.69 Å². The molecule has 108 valence electrons. The van der Waals surface area contributed by atoms with Gasteiger partial charge in [0.1, 0.15) is 0 Å². The van der Waals surface area contributed by atoms with Crippen LogP contribution < -0.4 is 5.32 Å². The molecule has 0 saturated carbocycles. The number of aryl methyl sites for hydroxylation is 2. The number of nitrogens with one attached hydrogen (secondary N) is 1. The molecular formula is C17H18N2O2. The van der Waals surface area contributed by atoms with Crippen molar-refractivity contribution in [3.8, 4) is 0 Å². The summed E-state index contributed by atoms with van der Waals surface area (Å²) < 4.78 is 0. The van der Waals surface area contributed by atoms with Gasteiger partial charge in [0.15, 0.2) is 0 Å². The van der Waals surface area contributed by atoms with Crippen molar-refractivity contribution in [1.29, 1.82) is 0 Å². The maximum absolute atomic E-state index is 10.9. The first-order valence-electron chi connectivity index (χ1n) is 7.21. The molecule has 2 aromatic carbocycles. The van der Waals surface area contributed by atoms with Gasteiger partial charge in [-0.2, -0.15) is 0 Å². The Labute approximate surface area is 124 Å². The Balaban J connectivity index is 1.78. The summed E-state index contributed by atoms with van der Waals surface area (Å²) >= 11 is 0. The van der Waals surface area contributed by atoms with E-state index in [-0.39, 0.29) is 10.6 Å². The molecule has 4 heteroatoms. The summed E-state index contributed by atoms with van der Waals surface area (Å²) in [6, 6.07) is 14.0. The van der Waals surface area contributed by atoms with Crippen molar-refractivity contribution in [1.82, 2.24) is 0 Å². The summed E-state index contributed by atoms with van der Waals surface area (Å²) in [6.07, 6.45) is 3.08. The molecule has 0 spiro atoms. The minimum absolute atomic E-state index is 0.147. The van der Waals surface area contributed by atoms with Gasteiger partial charge in [-0.05, 0) is 48.9 Å². The van der Waals surface area contributed by atoms with Crippen LogP contribution in [0.5, 0.6) is 0 Å². The van der Waals surface area contributed by atoms with Crippen molar-refractivity contribution < 1.29 is 4.92 Å². The standard InChI is InChI=1S/C17H18N2O2/c1-12-8-16(11-17(9-12)19(20)21)18-15-7-6-13-4-2-3-5-14(13)10-15/h2-5,8-9,11,15,18H,6-7,10H2,1H3. The predicted molar refractivity (Wildman–Crippen MR) is 83.7 cm³/mol.